The molecule has 0 aliphatic carbocycles. The van der Waals surface area contributed by atoms with Crippen molar-refractivity contribution >= 4 is 11.8 Å². The smallest absolute Gasteiger partial charge is 0.161 e. The van der Waals surface area contributed by atoms with Crippen LogP contribution in [0.25, 0.3) is 0 Å². The summed E-state index contributed by atoms with van der Waals surface area (Å²) < 4.78 is 11.5. The summed E-state index contributed by atoms with van der Waals surface area (Å²) >= 11 is 2.00. The van der Waals surface area contributed by atoms with E-state index in [1.54, 1.807) is 7.11 Å². The molecule has 3 nitrogen and oxygen atoms in total. The van der Waals surface area contributed by atoms with Gasteiger partial charge in [-0.05, 0) is 55.9 Å². The number of rotatable bonds is 4. The van der Waals surface area contributed by atoms with Gasteiger partial charge in [0, 0.05) is 5.54 Å². The van der Waals surface area contributed by atoms with Crippen LogP contribution in [-0.2, 0) is 5.54 Å². The Labute approximate surface area is 119 Å². The van der Waals surface area contributed by atoms with Crippen molar-refractivity contribution < 1.29 is 9.47 Å². The molecule has 0 atom stereocenters. The molecule has 1 fully saturated rings. The summed E-state index contributed by atoms with van der Waals surface area (Å²) in [4.78, 5) is 0. The fourth-order valence-corrected chi connectivity index (χ4v) is 3.20. The van der Waals surface area contributed by atoms with Gasteiger partial charge in [-0.2, -0.15) is 11.8 Å². The third-order valence-electron chi connectivity index (χ3n) is 3.37. The number of thioether (sulfide) groups is 1. The molecule has 0 unspecified atom stereocenters. The summed E-state index contributed by atoms with van der Waals surface area (Å²) in [5.41, 5.74) is 6.80. The first kappa shape index (κ1) is 14.5. The normalized spacial score (nSPS) is 17.3. The molecule has 1 aliphatic heterocycles. The second-order valence-corrected chi connectivity index (χ2v) is 6.74. The zero-order chi connectivity index (χ0) is 13.9. The minimum absolute atomic E-state index is 0.312. The number of benzene rings is 1. The monoisotopic (exact) mass is 281 g/mol. The first-order valence-electron chi connectivity index (χ1n) is 6.72. The highest BCUT2D eigenvalue weighted by molar-refractivity contribution is 7.99. The van der Waals surface area contributed by atoms with Gasteiger partial charge in [-0.1, -0.05) is 6.07 Å². The molecule has 0 saturated carbocycles. The van der Waals surface area contributed by atoms with E-state index in [0.717, 1.165) is 29.9 Å². The van der Waals surface area contributed by atoms with E-state index in [1.807, 2.05) is 43.8 Å². The fourth-order valence-electron chi connectivity index (χ4n) is 2.14. The fraction of sp³-hybridized carbons (Fsp3) is 0.600. The van der Waals surface area contributed by atoms with Gasteiger partial charge in [0.25, 0.3) is 0 Å². The third-order valence-corrected chi connectivity index (χ3v) is 4.42. The molecular weight excluding hydrogens is 258 g/mol. The molecule has 1 aliphatic rings. The van der Waals surface area contributed by atoms with Crippen molar-refractivity contribution in [3.05, 3.63) is 23.8 Å². The van der Waals surface area contributed by atoms with Crippen LogP contribution in [0.1, 0.15) is 32.3 Å². The van der Waals surface area contributed by atoms with Gasteiger partial charge in [-0.15, -0.1) is 0 Å². The van der Waals surface area contributed by atoms with Crippen LogP contribution in [0.4, 0.5) is 0 Å². The van der Waals surface area contributed by atoms with Crippen LogP contribution in [0.3, 0.4) is 0 Å². The maximum absolute atomic E-state index is 6.12. The molecule has 1 aromatic rings. The minimum atomic E-state index is -0.368. The van der Waals surface area contributed by atoms with E-state index < -0.39 is 0 Å². The molecule has 1 aromatic carbocycles. The SMILES string of the molecule is COc1cc(C(C)(C)N)ccc1OC1CCSCC1. The average Bonchev–Trinajstić information content (AvgIpc) is 2.39. The summed E-state index contributed by atoms with van der Waals surface area (Å²) in [6.45, 7) is 3.97. The topological polar surface area (TPSA) is 44.5 Å². The van der Waals surface area contributed by atoms with Crippen molar-refractivity contribution in [3.8, 4) is 11.5 Å². The molecule has 1 saturated heterocycles. The van der Waals surface area contributed by atoms with Crippen LogP contribution in [0.2, 0.25) is 0 Å². The highest BCUT2D eigenvalue weighted by atomic mass is 32.2. The zero-order valence-electron chi connectivity index (χ0n) is 11.9. The lowest BCUT2D eigenvalue weighted by atomic mass is 9.95. The van der Waals surface area contributed by atoms with Gasteiger partial charge >= 0.3 is 0 Å². The molecule has 0 bridgehead atoms. The Balaban J connectivity index is 2.16. The number of ether oxygens (including phenoxy) is 2. The maximum Gasteiger partial charge on any atom is 0.161 e. The predicted molar refractivity (Wildman–Crippen MR) is 81.2 cm³/mol. The quantitative estimate of drug-likeness (QED) is 0.920. The lowest BCUT2D eigenvalue weighted by Gasteiger charge is -2.25. The van der Waals surface area contributed by atoms with Crippen LogP contribution >= 0.6 is 11.8 Å². The van der Waals surface area contributed by atoms with Gasteiger partial charge in [-0.3, -0.25) is 0 Å². The average molecular weight is 281 g/mol. The Morgan fingerprint density at radius 3 is 2.47 bits per heavy atom. The van der Waals surface area contributed by atoms with E-state index in [9.17, 15) is 0 Å². The van der Waals surface area contributed by atoms with Crippen LogP contribution in [0, 0.1) is 0 Å². The van der Waals surface area contributed by atoms with Gasteiger partial charge in [0.2, 0.25) is 0 Å². The van der Waals surface area contributed by atoms with E-state index in [1.165, 1.54) is 11.5 Å². The Morgan fingerprint density at radius 1 is 1.21 bits per heavy atom. The van der Waals surface area contributed by atoms with E-state index in [0.29, 0.717) is 6.10 Å². The Hall–Kier alpha value is -0.870. The van der Waals surface area contributed by atoms with Gasteiger partial charge in [0.1, 0.15) is 6.10 Å². The summed E-state index contributed by atoms with van der Waals surface area (Å²) in [7, 11) is 1.67. The largest absolute Gasteiger partial charge is 0.493 e. The third kappa shape index (κ3) is 3.80. The van der Waals surface area contributed by atoms with E-state index in [4.69, 9.17) is 15.2 Å². The van der Waals surface area contributed by atoms with Gasteiger partial charge in [0.05, 0.1) is 7.11 Å². The Morgan fingerprint density at radius 2 is 1.89 bits per heavy atom. The summed E-state index contributed by atoms with van der Waals surface area (Å²) in [6, 6.07) is 5.98. The van der Waals surface area contributed by atoms with Crippen molar-refractivity contribution in [1.82, 2.24) is 0 Å². The molecule has 2 rings (SSSR count). The molecule has 1 heterocycles. The molecule has 0 radical (unpaired) electrons. The van der Waals surface area contributed by atoms with Crippen LogP contribution in [0.15, 0.2) is 18.2 Å². The van der Waals surface area contributed by atoms with Crippen molar-refractivity contribution in [2.24, 2.45) is 5.73 Å². The van der Waals surface area contributed by atoms with Gasteiger partial charge in [-0.25, -0.2) is 0 Å². The summed E-state index contributed by atoms with van der Waals surface area (Å²) in [5.74, 6) is 3.96. The van der Waals surface area contributed by atoms with E-state index in [-0.39, 0.29) is 5.54 Å². The van der Waals surface area contributed by atoms with Gasteiger partial charge < -0.3 is 15.2 Å². The second-order valence-electron chi connectivity index (χ2n) is 5.52. The number of nitrogens with two attached hydrogens (primary N) is 1. The summed E-state index contributed by atoms with van der Waals surface area (Å²) in [5, 5.41) is 0. The zero-order valence-corrected chi connectivity index (χ0v) is 12.8. The minimum Gasteiger partial charge on any atom is -0.493 e. The molecule has 106 valence electrons. The first-order chi connectivity index (χ1) is 9.00. The standard InChI is InChI=1S/C15H23NO2S/c1-15(2,16)11-4-5-13(14(10-11)17-3)18-12-6-8-19-9-7-12/h4-5,10,12H,6-9,16H2,1-3H3. The highest BCUT2D eigenvalue weighted by Crippen LogP contribution is 2.33. The molecular formula is C15H23NO2S. The van der Waals surface area contributed by atoms with Crippen molar-refractivity contribution in [2.75, 3.05) is 18.6 Å². The number of hydrogen-bond acceptors (Lipinski definition) is 4. The Bertz CT molecular complexity index is 423. The maximum atomic E-state index is 6.12. The van der Waals surface area contributed by atoms with Crippen molar-refractivity contribution in [1.29, 1.82) is 0 Å². The molecule has 0 spiro atoms. The van der Waals surface area contributed by atoms with Crippen LogP contribution in [-0.4, -0.2) is 24.7 Å². The van der Waals surface area contributed by atoms with Crippen molar-refractivity contribution in [2.45, 2.75) is 38.3 Å². The molecule has 0 aromatic heterocycles. The molecule has 0 amide bonds. The number of hydrogen-bond donors (Lipinski definition) is 1. The molecule has 19 heavy (non-hydrogen) atoms. The molecule has 2 N–H and O–H groups in total. The lowest BCUT2D eigenvalue weighted by Crippen LogP contribution is -2.28. The lowest BCUT2D eigenvalue weighted by molar-refractivity contribution is 0.184. The Kier molecular flexibility index (Phi) is 4.63. The van der Waals surface area contributed by atoms with Gasteiger partial charge in [0.15, 0.2) is 11.5 Å². The summed E-state index contributed by atoms with van der Waals surface area (Å²) in [6.07, 6.45) is 2.53. The first-order valence-corrected chi connectivity index (χ1v) is 7.88. The van der Waals surface area contributed by atoms with Crippen molar-refractivity contribution in [3.63, 3.8) is 0 Å². The second kappa shape index (κ2) is 6.06. The van der Waals surface area contributed by atoms with Crippen LogP contribution < -0.4 is 15.2 Å². The van der Waals surface area contributed by atoms with E-state index in [2.05, 4.69) is 0 Å². The van der Waals surface area contributed by atoms with E-state index >= 15 is 0 Å². The number of methoxy groups -OCH3 is 1. The highest BCUT2D eigenvalue weighted by Gasteiger charge is 2.20. The molecule has 4 heteroatoms. The van der Waals surface area contributed by atoms with Crippen LogP contribution in [0.5, 0.6) is 11.5 Å². The predicted octanol–water partition coefficient (Wildman–Crippen LogP) is 3.16.